The Kier molecular flexibility index (Phi) is 7.66. The van der Waals surface area contributed by atoms with Gasteiger partial charge < -0.3 is 15.5 Å². The number of rotatable bonds is 7. The molecule has 24 heavy (non-hydrogen) atoms. The molecule has 0 bridgehead atoms. The lowest BCUT2D eigenvalue weighted by Crippen LogP contribution is -2.38. The predicted octanol–water partition coefficient (Wildman–Crippen LogP) is 1.64. The lowest BCUT2D eigenvalue weighted by Gasteiger charge is -2.27. The Labute approximate surface area is 143 Å². The van der Waals surface area contributed by atoms with Gasteiger partial charge in [-0.15, -0.1) is 0 Å². The van der Waals surface area contributed by atoms with Gasteiger partial charge in [-0.2, -0.15) is 5.26 Å². The minimum atomic E-state index is -0.403. The fraction of sp³-hybridized carbons (Fsp3) is 0.389. The third kappa shape index (κ3) is 5.52. The Morgan fingerprint density at radius 2 is 1.92 bits per heavy atom. The van der Waals surface area contributed by atoms with Gasteiger partial charge in [0, 0.05) is 38.8 Å². The van der Waals surface area contributed by atoms with Crippen molar-refractivity contribution in [1.82, 2.24) is 9.80 Å². The molecule has 0 saturated carbocycles. The molecule has 0 saturated heterocycles. The number of amides is 2. The van der Waals surface area contributed by atoms with E-state index >= 15 is 0 Å². The molecule has 1 aromatic rings. The molecular formula is C18H24N4O2. The van der Waals surface area contributed by atoms with Gasteiger partial charge in [0.15, 0.2) is 0 Å². The van der Waals surface area contributed by atoms with E-state index in [1.165, 1.54) is 18.0 Å². The second-order valence-electron chi connectivity index (χ2n) is 5.67. The maximum Gasteiger partial charge on any atom is 0.266 e. The quantitative estimate of drug-likeness (QED) is 0.608. The lowest BCUT2D eigenvalue weighted by molar-refractivity contribution is -0.129. The number of nitriles is 1. The van der Waals surface area contributed by atoms with Crippen LogP contribution in [0.5, 0.6) is 0 Å². The Bertz CT molecular complexity index is 632. The van der Waals surface area contributed by atoms with Gasteiger partial charge in [0.2, 0.25) is 5.91 Å². The number of hydrogen-bond acceptors (Lipinski definition) is 4. The van der Waals surface area contributed by atoms with Crippen LogP contribution in [0.25, 0.3) is 0 Å². The van der Waals surface area contributed by atoms with Crippen molar-refractivity contribution < 1.29 is 9.59 Å². The molecule has 1 rings (SSSR count). The lowest BCUT2D eigenvalue weighted by atomic mass is 10.1. The van der Waals surface area contributed by atoms with E-state index in [-0.39, 0.29) is 30.6 Å². The zero-order valence-corrected chi connectivity index (χ0v) is 14.4. The van der Waals surface area contributed by atoms with Crippen molar-refractivity contribution in [1.29, 1.82) is 5.26 Å². The summed E-state index contributed by atoms with van der Waals surface area (Å²) < 4.78 is 0. The molecule has 0 heterocycles. The second-order valence-corrected chi connectivity index (χ2v) is 5.67. The second kappa shape index (κ2) is 9.48. The first-order valence-electron chi connectivity index (χ1n) is 7.84. The predicted molar refractivity (Wildman–Crippen MR) is 92.3 cm³/mol. The van der Waals surface area contributed by atoms with Crippen LogP contribution in [-0.2, 0) is 16.1 Å². The molecule has 6 nitrogen and oxygen atoms in total. The van der Waals surface area contributed by atoms with E-state index < -0.39 is 5.91 Å². The summed E-state index contributed by atoms with van der Waals surface area (Å²) in [5.74, 6) is -0.667. The molecule has 1 aromatic carbocycles. The van der Waals surface area contributed by atoms with Gasteiger partial charge in [0.05, 0.1) is 0 Å². The molecular weight excluding hydrogens is 304 g/mol. The summed E-state index contributed by atoms with van der Waals surface area (Å²) in [7, 11) is 0. The third-order valence-corrected chi connectivity index (χ3v) is 3.49. The summed E-state index contributed by atoms with van der Waals surface area (Å²) in [4.78, 5) is 27.2. The Morgan fingerprint density at radius 1 is 1.29 bits per heavy atom. The molecule has 0 radical (unpaired) electrons. The van der Waals surface area contributed by atoms with Crippen LogP contribution in [-0.4, -0.2) is 40.7 Å². The largest absolute Gasteiger partial charge is 0.331 e. The average molecular weight is 328 g/mol. The number of nitrogens with zero attached hydrogens (tertiary/aromatic N) is 3. The van der Waals surface area contributed by atoms with E-state index in [1.807, 2.05) is 50.2 Å². The van der Waals surface area contributed by atoms with Crippen LogP contribution in [0.3, 0.4) is 0 Å². The Hall–Kier alpha value is -2.65. The van der Waals surface area contributed by atoms with Gasteiger partial charge >= 0.3 is 0 Å². The summed E-state index contributed by atoms with van der Waals surface area (Å²) in [6.45, 7) is 6.05. The van der Waals surface area contributed by atoms with Crippen LogP contribution in [0.2, 0.25) is 0 Å². The molecule has 6 heteroatoms. The molecule has 0 atom stereocenters. The van der Waals surface area contributed by atoms with Crippen LogP contribution >= 0.6 is 0 Å². The van der Waals surface area contributed by atoms with Crippen molar-refractivity contribution >= 4 is 11.8 Å². The van der Waals surface area contributed by atoms with Crippen LogP contribution in [0.4, 0.5) is 0 Å². The number of hydrogen-bond donors (Lipinski definition) is 1. The first-order chi connectivity index (χ1) is 11.4. The van der Waals surface area contributed by atoms with Crippen molar-refractivity contribution in [2.45, 2.75) is 33.4 Å². The maximum atomic E-state index is 12.7. The number of nitrogens with two attached hydrogens (primary N) is 1. The zero-order chi connectivity index (χ0) is 18.1. The summed E-state index contributed by atoms with van der Waals surface area (Å²) in [5, 5.41) is 9.36. The third-order valence-electron chi connectivity index (χ3n) is 3.49. The monoisotopic (exact) mass is 328 g/mol. The van der Waals surface area contributed by atoms with E-state index in [1.54, 1.807) is 4.90 Å². The van der Waals surface area contributed by atoms with Crippen LogP contribution in [0.1, 0.15) is 26.3 Å². The molecule has 0 unspecified atom stereocenters. The van der Waals surface area contributed by atoms with Crippen LogP contribution in [0.15, 0.2) is 42.1 Å². The molecule has 2 N–H and O–H groups in total. The van der Waals surface area contributed by atoms with Crippen molar-refractivity contribution in [3.8, 4) is 6.07 Å². The maximum absolute atomic E-state index is 12.7. The molecule has 0 aliphatic carbocycles. The summed E-state index contributed by atoms with van der Waals surface area (Å²) in [6, 6.07) is 11.4. The highest BCUT2D eigenvalue weighted by Gasteiger charge is 2.22. The molecule has 0 aliphatic rings. The number of carbonyl (C=O) groups excluding carboxylic acids is 2. The molecule has 0 aliphatic heterocycles. The van der Waals surface area contributed by atoms with Gasteiger partial charge in [-0.05, 0) is 19.4 Å². The Morgan fingerprint density at radius 3 is 2.38 bits per heavy atom. The molecule has 2 amide bonds. The smallest absolute Gasteiger partial charge is 0.266 e. The summed E-state index contributed by atoms with van der Waals surface area (Å²) >= 11 is 0. The van der Waals surface area contributed by atoms with Crippen molar-refractivity contribution in [3.05, 3.63) is 47.7 Å². The molecule has 0 spiro atoms. The summed E-state index contributed by atoms with van der Waals surface area (Å²) in [6.07, 6.45) is 1.29. The van der Waals surface area contributed by atoms with Crippen molar-refractivity contribution in [2.24, 2.45) is 5.73 Å². The van der Waals surface area contributed by atoms with Gasteiger partial charge in [-0.1, -0.05) is 30.3 Å². The highest BCUT2D eigenvalue weighted by molar-refractivity contribution is 5.97. The van der Waals surface area contributed by atoms with E-state index in [4.69, 9.17) is 5.73 Å². The minimum Gasteiger partial charge on any atom is -0.331 e. The highest BCUT2D eigenvalue weighted by atomic mass is 16.2. The van der Waals surface area contributed by atoms with E-state index in [2.05, 4.69) is 0 Å². The topological polar surface area (TPSA) is 90.4 Å². The SMILES string of the molecule is CC(=O)N(/C=C(/C#N)C(=O)N(Cc1ccccc1)C(C)C)CCN. The van der Waals surface area contributed by atoms with Gasteiger partial charge in [-0.3, -0.25) is 9.59 Å². The Balaban J connectivity index is 3.06. The van der Waals surface area contributed by atoms with Crippen molar-refractivity contribution in [3.63, 3.8) is 0 Å². The number of carbonyl (C=O) groups is 2. The molecule has 128 valence electrons. The van der Waals surface area contributed by atoms with E-state index in [9.17, 15) is 14.9 Å². The molecule has 0 fully saturated rings. The number of benzene rings is 1. The zero-order valence-electron chi connectivity index (χ0n) is 14.4. The first kappa shape index (κ1) is 19.4. The van der Waals surface area contributed by atoms with Crippen LogP contribution in [0, 0.1) is 11.3 Å². The minimum absolute atomic E-state index is 0.0803. The average Bonchev–Trinajstić information content (AvgIpc) is 2.56. The standard InChI is InChI=1S/C18H24N4O2/c1-14(2)22(12-16-7-5-4-6-8-16)18(24)17(11-20)13-21(10-9-19)15(3)23/h4-8,13-14H,9-10,12,19H2,1-3H3/b17-13-. The van der Waals surface area contributed by atoms with Gasteiger partial charge in [0.25, 0.3) is 5.91 Å². The summed E-state index contributed by atoms with van der Waals surface area (Å²) in [5.41, 5.74) is 6.36. The van der Waals surface area contributed by atoms with Crippen molar-refractivity contribution in [2.75, 3.05) is 13.1 Å². The fourth-order valence-electron chi connectivity index (χ4n) is 2.16. The fourth-order valence-corrected chi connectivity index (χ4v) is 2.16. The molecule has 0 aromatic heterocycles. The highest BCUT2D eigenvalue weighted by Crippen LogP contribution is 2.13. The normalized spacial score (nSPS) is 11.1. The van der Waals surface area contributed by atoms with E-state index in [0.717, 1.165) is 5.56 Å². The van der Waals surface area contributed by atoms with Gasteiger partial charge in [-0.25, -0.2) is 0 Å². The van der Waals surface area contributed by atoms with E-state index in [0.29, 0.717) is 6.54 Å². The first-order valence-corrected chi connectivity index (χ1v) is 7.84. The van der Waals surface area contributed by atoms with Crippen LogP contribution < -0.4 is 5.73 Å². The van der Waals surface area contributed by atoms with Gasteiger partial charge in [0.1, 0.15) is 11.6 Å².